The molecule has 0 bridgehead atoms. The number of anilines is 8. The second-order valence-electron chi connectivity index (χ2n) is 23.2. The highest BCUT2D eigenvalue weighted by Gasteiger charge is 2.38. The Morgan fingerprint density at radius 3 is 1.53 bits per heavy atom. The molecule has 0 unspecified atom stereocenters. The van der Waals surface area contributed by atoms with Crippen molar-refractivity contribution in [3.63, 3.8) is 0 Å². The fourth-order valence-corrected chi connectivity index (χ4v) is 12.4. The van der Waals surface area contributed by atoms with Gasteiger partial charge in [-0.3, -0.25) is 0 Å². The van der Waals surface area contributed by atoms with E-state index in [1.54, 1.807) is 0 Å². The lowest BCUT2D eigenvalue weighted by atomic mass is 9.76. The van der Waals surface area contributed by atoms with Crippen LogP contribution in [0, 0.1) is 0 Å². The molecule has 15 aromatic rings. The molecule has 2 aliphatic rings. The Morgan fingerprint density at radius 1 is 0.341 bits per heavy atom. The van der Waals surface area contributed by atoms with Gasteiger partial charge >= 0.3 is 0 Å². The monoisotopic (exact) mass is 1170 g/mol. The third kappa shape index (κ3) is 12.1. The van der Waals surface area contributed by atoms with Crippen LogP contribution in [-0.4, -0.2) is 0 Å². The van der Waals surface area contributed by atoms with Crippen molar-refractivity contribution in [1.82, 2.24) is 0 Å². The fourth-order valence-electron chi connectivity index (χ4n) is 12.4. The van der Waals surface area contributed by atoms with Crippen LogP contribution < -0.4 is 26.0 Å². The quantitative estimate of drug-likeness (QED) is 0.102. The molecule has 6 nitrogen and oxygen atoms in total. The van der Waals surface area contributed by atoms with Gasteiger partial charge in [-0.15, -0.1) is 0 Å². The molecule has 438 valence electrons. The lowest BCUT2D eigenvalue weighted by Gasteiger charge is -2.31. The van der Waals surface area contributed by atoms with Crippen LogP contribution in [0.3, 0.4) is 0 Å². The molecule has 0 atom stereocenters. The Morgan fingerprint density at radius 2 is 0.846 bits per heavy atom. The van der Waals surface area contributed by atoms with Crippen LogP contribution in [0.25, 0.3) is 82.7 Å². The van der Waals surface area contributed by atoms with Crippen molar-refractivity contribution in [2.45, 2.75) is 19.3 Å². The van der Waals surface area contributed by atoms with Gasteiger partial charge in [0.2, 0.25) is 0 Å². The van der Waals surface area contributed by atoms with E-state index in [0.717, 1.165) is 73.3 Å². The first kappa shape index (κ1) is 56.9. The molecule has 2 heterocycles. The molecular formula is C85H66N4O2. The van der Waals surface area contributed by atoms with Crippen molar-refractivity contribution in [1.29, 1.82) is 0 Å². The highest BCUT2D eigenvalue weighted by Crippen LogP contribution is 2.53. The van der Waals surface area contributed by atoms with Gasteiger partial charge in [0.15, 0.2) is 0 Å². The summed E-state index contributed by atoms with van der Waals surface area (Å²) in [6.45, 7) is 8.17. The van der Waals surface area contributed by atoms with Gasteiger partial charge in [0, 0.05) is 67.2 Å². The minimum absolute atomic E-state index is 0.194. The summed E-state index contributed by atoms with van der Waals surface area (Å²) in [5.74, 6) is 1.47. The zero-order valence-corrected chi connectivity index (χ0v) is 50.7. The summed E-state index contributed by atoms with van der Waals surface area (Å²) in [5.41, 5.74) is 20.6. The second-order valence-corrected chi connectivity index (χ2v) is 23.2. The van der Waals surface area contributed by atoms with Crippen molar-refractivity contribution in [3.8, 4) is 45.1 Å². The molecule has 0 fully saturated rings. The molecule has 6 heteroatoms. The summed E-state index contributed by atoms with van der Waals surface area (Å²) in [5, 5.41) is 22.7. The topological polar surface area (TPSA) is 70.5 Å². The van der Waals surface area contributed by atoms with Gasteiger partial charge in [0.1, 0.15) is 11.3 Å². The molecule has 14 aromatic carbocycles. The Labute approximate surface area is 531 Å². The van der Waals surface area contributed by atoms with Gasteiger partial charge in [-0.1, -0.05) is 245 Å². The average Bonchev–Trinajstić information content (AvgIpc) is 1.63. The van der Waals surface area contributed by atoms with Crippen LogP contribution >= 0.6 is 0 Å². The van der Waals surface area contributed by atoms with E-state index in [9.17, 15) is 0 Å². The van der Waals surface area contributed by atoms with E-state index in [4.69, 9.17) is 9.15 Å². The predicted octanol–water partition coefficient (Wildman–Crippen LogP) is 24.3. The normalized spacial score (nSPS) is 11.8. The van der Waals surface area contributed by atoms with Crippen LogP contribution in [-0.2, 0) is 5.41 Å². The molecule has 0 spiro atoms. The highest BCUT2D eigenvalue weighted by molar-refractivity contribution is 6.16. The second kappa shape index (κ2) is 25.5. The first-order chi connectivity index (χ1) is 44.8. The summed E-state index contributed by atoms with van der Waals surface area (Å²) in [7, 11) is 0. The van der Waals surface area contributed by atoms with Gasteiger partial charge in [-0.2, -0.15) is 0 Å². The van der Waals surface area contributed by atoms with Crippen LogP contribution in [0.5, 0.6) is 11.7 Å². The van der Waals surface area contributed by atoms with Crippen molar-refractivity contribution < 1.29 is 9.15 Å². The molecule has 4 N–H and O–H groups in total. The largest absolute Gasteiger partial charge is 0.425 e. The third-order valence-electron chi connectivity index (χ3n) is 16.9. The number of hydrogen-bond acceptors (Lipinski definition) is 6. The number of nitrogens with one attached hydrogen (secondary N) is 4. The zero-order chi connectivity index (χ0) is 61.5. The molecule has 0 saturated heterocycles. The first-order valence-electron chi connectivity index (χ1n) is 30.8. The SMILES string of the molecule is C=Cc1ccc(Nc2ccccc2)cc1.CC1(C)c2ccccc2Oc2oc3ccc(Nc4ccccc4)cc3c21.c1ccc(-c2ccc(Nc3ccc4c(c3)-c3cccc5cccc-4c35)cc2)cc1.c1ccc(Nc2cccc3c2ccc2ccccc23)cc1. The predicted molar refractivity (Wildman–Crippen MR) is 386 cm³/mol. The molecule has 0 radical (unpaired) electrons. The molecule has 0 amide bonds. The minimum atomic E-state index is -0.194. The molecule has 1 aliphatic carbocycles. The molecule has 17 rings (SSSR count). The average molecular weight is 1180 g/mol. The molecule has 91 heavy (non-hydrogen) atoms. The van der Waals surface area contributed by atoms with Crippen LogP contribution in [0.2, 0.25) is 0 Å². The van der Waals surface area contributed by atoms with E-state index in [1.807, 2.05) is 127 Å². The number of hydrogen-bond donors (Lipinski definition) is 4. The fraction of sp³-hybridized carbons (Fsp3) is 0.0353. The Bertz CT molecular complexity index is 5040. The van der Waals surface area contributed by atoms with E-state index in [0.29, 0.717) is 5.95 Å². The number of ether oxygens (including phenoxy) is 1. The minimum Gasteiger partial charge on any atom is -0.425 e. The number of fused-ring (bicyclic) bond motifs is 10. The number of rotatable bonds is 10. The maximum absolute atomic E-state index is 6.07. The zero-order valence-electron chi connectivity index (χ0n) is 50.7. The number of benzene rings is 14. The molecular weight excluding hydrogens is 1110 g/mol. The maximum Gasteiger partial charge on any atom is 0.295 e. The molecule has 1 aromatic heterocycles. The van der Waals surface area contributed by atoms with E-state index < -0.39 is 0 Å². The third-order valence-corrected chi connectivity index (χ3v) is 16.9. The van der Waals surface area contributed by atoms with E-state index >= 15 is 0 Å². The number of furan rings is 1. The van der Waals surface area contributed by atoms with Crippen molar-refractivity contribution in [2.75, 3.05) is 21.3 Å². The summed E-state index contributed by atoms with van der Waals surface area (Å²) in [6.07, 6.45) is 1.84. The number of para-hydroxylation sites is 4. The van der Waals surface area contributed by atoms with Gasteiger partial charge < -0.3 is 30.4 Å². The van der Waals surface area contributed by atoms with Gasteiger partial charge in [-0.25, -0.2) is 0 Å². The standard InChI is InChI=1S/C28H19N.C23H19NO2.C20H15N.C14H13N/c1-2-6-19(7-3-1)20-12-14-22(15-13-20)29-23-16-17-24-25-10-4-8-21-9-5-11-26(28(21)25)27(24)18-23;1-23(2)18-10-6-7-11-20(18)26-22-21(23)17-14-16(12-13-19(17)25-22)24-15-8-4-3-5-9-15;1-2-8-16(9-3-1)21-20-12-6-11-18-17-10-5-4-7-15(17)13-14-19(18)20;1-2-12-8-10-14(11-9-12)15-13-6-4-3-5-7-13/h1-18,29H;3-14,24H,1-2H3;1-14,21H;2-11,15H,1H2. The first-order valence-corrected chi connectivity index (χ1v) is 30.8. The lowest BCUT2D eigenvalue weighted by Crippen LogP contribution is -2.23. The van der Waals surface area contributed by atoms with E-state index in [1.165, 1.54) is 71.3 Å². The summed E-state index contributed by atoms with van der Waals surface area (Å²) >= 11 is 0. The Kier molecular flexibility index (Phi) is 15.9. The van der Waals surface area contributed by atoms with Crippen LogP contribution in [0.15, 0.2) is 333 Å². The van der Waals surface area contributed by atoms with Crippen LogP contribution in [0.1, 0.15) is 30.5 Å². The summed E-state index contributed by atoms with van der Waals surface area (Å²) < 4.78 is 12.1. The van der Waals surface area contributed by atoms with Crippen molar-refractivity contribution in [3.05, 3.63) is 345 Å². The summed E-state index contributed by atoms with van der Waals surface area (Å²) in [4.78, 5) is 0. The van der Waals surface area contributed by atoms with Gasteiger partial charge in [-0.05, 0) is 169 Å². The van der Waals surface area contributed by atoms with Gasteiger partial charge in [0.05, 0.1) is 5.56 Å². The maximum atomic E-state index is 6.07. The van der Waals surface area contributed by atoms with E-state index in [-0.39, 0.29) is 5.41 Å². The van der Waals surface area contributed by atoms with Crippen LogP contribution in [0.4, 0.5) is 45.5 Å². The highest BCUT2D eigenvalue weighted by atomic mass is 16.6. The summed E-state index contributed by atoms with van der Waals surface area (Å²) in [6, 6.07) is 111. The van der Waals surface area contributed by atoms with E-state index in [2.05, 4.69) is 242 Å². The molecule has 0 saturated carbocycles. The Hall–Kier alpha value is -11.9. The van der Waals surface area contributed by atoms with Crippen molar-refractivity contribution in [2.24, 2.45) is 0 Å². The smallest absolute Gasteiger partial charge is 0.295 e. The lowest BCUT2D eigenvalue weighted by molar-refractivity contribution is 0.325. The Balaban J connectivity index is 0.000000108. The molecule has 1 aliphatic heterocycles. The van der Waals surface area contributed by atoms with Gasteiger partial charge in [0.25, 0.3) is 5.95 Å². The van der Waals surface area contributed by atoms with Crippen molar-refractivity contribution >= 4 is 94.9 Å².